The smallest absolute Gasteiger partial charge is 0.356 e. The van der Waals surface area contributed by atoms with E-state index in [9.17, 15) is 4.79 Å². The summed E-state index contributed by atoms with van der Waals surface area (Å²) in [5.74, 6) is -0.670. The van der Waals surface area contributed by atoms with Crippen LogP contribution in [0, 0.1) is 0 Å². The van der Waals surface area contributed by atoms with Gasteiger partial charge in [-0.25, -0.2) is 19.4 Å². The van der Waals surface area contributed by atoms with Gasteiger partial charge in [0.1, 0.15) is 0 Å². The van der Waals surface area contributed by atoms with Gasteiger partial charge in [0.05, 0.1) is 0 Å². The summed E-state index contributed by atoms with van der Waals surface area (Å²) >= 11 is 0. The summed E-state index contributed by atoms with van der Waals surface area (Å²) in [4.78, 5) is 18.9. The maximum atomic E-state index is 10.8. The SMILES string of the molecule is CCc1cc(C(=O)O)nn1-c1ncccn1. The van der Waals surface area contributed by atoms with Crippen molar-refractivity contribution in [1.82, 2.24) is 19.7 Å². The molecule has 0 spiro atoms. The average molecular weight is 218 g/mol. The molecule has 0 aliphatic rings. The van der Waals surface area contributed by atoms with Crippen molar-refractivity contribution >= 4 is 5.97 Å². The largest absolute Gasteiger partial charge is 0.476 e. The molecule has 6 nitrogen and oxygen atoms in total. The Morgan fingerprint density at radius 2 is 2.12 bits per heavy atom. The maximum Gasteiger partial charge on any atom is 0.356 e. The third-order valence-electron chi connectivity index (χ3n) is 2.11. The molecule has 6 heteroatoms. The van der Waals surface area contributed by atoms with E-state index < -0.39 is 5.97 Å². The Kier molecular flexibility index (Phi) is 2.63. The number of carboxylic acids is 1. The Morgan fingerprint density at radius 1 is 1.44 bits per heavy atom. The van der Waals surface area contributed by atoms with E-state index in [0.29, 0.717) is 12.4 Å². The van der Waals surface area contributed by atoms with Gasteiger partial charge >= 0.3 is 5.97 Å². The maximum absolute atomic E-state index is 10.8. The molecule has 0 aromatic carbocycles. The van der Waals surface area contributed by atoms with Gasteiger partial charge in [0.2, 0.25) is 0 Å². The van der Waals surface area contributed by atoms with Gasteiger partial charge in [0.25, 0.3) is 5.95 Å². The summed E-state index contributed by atoms with van der Waals surface area (Å²) in [6, 6.07) is 3.22. The lowest BCUT2D eigenvalue weighted by molar-refractivity contribution is 0.0690. The van der Waals surface area contributed by atoms with Crippen molar-refractivity contribution in [1.29, 1.82) is 0 Å². The second-order valence-corrected chi connectivity index (χ2v) is 3.14. The normalized spacial score (nSPS) is 10.3. The first-order valence-corrected chi connectivity index (χ1v) is 4.82. The van der Waals surface area contributed by atoms with E-state index in [2.05, 4.69) is 15.1 Å². The number of rotatable bonds is 3. The Morgan fingerprint density at radius 3 is 2.69 bits per heavy atom. The van der Waals surface area contributed by atoms with E-state index in [4.69, 9.17) is 5.11 Å². The number of aryl methyl sites for hydroxylation is 1. The van der Waals surface area contributed by atoms with Crippen LogP contribution in [0.25, 0.3) is 5.95 Å². The van der Waals surface area contributed by atoms with Gasteiger partial charge in [0, 0.05) is 18.1 Å². The van der Waals surface area contributed by atoms with Crippen LogP contribution in [0.15, 0.2) is 24.5 Å². The van der Waals surface area contributed by atoms with E-state index in [0.717, 1.165) is 5.69 Å². The molecule has 16 heavy (non-hydrogen) atoms. The second-order valence-electron chi connectivity index (χ2n) is 3.14. The minimum Gasteiger partial charge on any atom is -0.476 e. The van der Waals surface area contributed by atoms with Crippen LogP contribution in [0.2, 0.25) is 0 Å². The molecule has 2 aromatic heterocycles. The lowest BCUT2D eigenvalue weighted by atomic mass is 10.3. The quantitative estimate of drug-likeness (QED) is 0.828. The van der Waals surface area contributed by atoms with Gasteiger partial charge in [-0.15, -0.1) is 0 Å². The van der Waals surface area contributed by atoms with Crippen molar-refractivity contribution in [3.63, 3.8) is 0 Å². The standard InChI is InChI=1S/C10H10N4O2/c1-2-7-6-8(9(15)16)13-14(7)10-11-4-3-5-12-10/h3-6H,2H2,1H3,(H,15,16). The van der Waals surface area contributed by atoms with Crippen LogP contribution < -0.4 is 0 Å². The molecule has 0 amide bonds. The zero-order valence-electron chi connectivity index (χ0n) is 8.66. The lowest BCUT2D eigenvalue weighted by Crippen LogP contribution is -2.06. The van der Waals surface area contributed by atoms with Crippen molar-refractivity contribution in [2.75, 3.05) is 0 Å². The molecule has 0 atom stereocenters. The highest BCUT2D eigenvalue weighted by Crippen LogP contribution is 2.09. The molecule has 0 saturated carbocycles. The molecule has 0 aliphatic carbocycles. The molecule has 0 aliphatic heterocycles. The first kappa shape index (κ1) is 10.3. The highest BCUT2D eigenvalue weighted by atomic mass is 16.4. The first-order valence-electron chi connectivity index (χ1n) is 4.82. The number of nitrogens with zero attached hydrogens (tertiary/aromatic N) is 4. The van der Waals surface area contributed by atoms with E-state index in [1.54, 1.807) is 18.5 Å². The molecule has 0 saturated heterocycles. The summed E-state index contributed by atoms with van der Waals surface area (Å²) < 4.78 is 1.45. The number of aromatic carboxylic acids is 1. The molecule has 0 bridgehead atoms. The van der Waals surface area contributed by atoms with Crippen LogP contribution in [0.5, 0.6) is 0 Å². The fourth-order valence-corrected chi connectivity index (χ4v) is 1.35. The van der Waals surface area contributed by atoms with Gasteiger partial charge in [-0.05, 0) is 18.6 Å². The third-order valence-corrected chi connectivity index (χ3v) is 2.11. The van der Waals surface area contributed by atoms with Crippen molar-refractivity contribution in [2.24, 2.45) is 0 Å². The number of aromatic nitrogens is 4. The predicted octanol–water partition coefficient (Wildman–Crippen LogP) is 0.923. The summed E-state index contributed by atoms with van der Waals surface area (Å²) in [7, 11) is 0. The molecule has 2 aromatic rings. The first-order chi connectivity index (χ1) is 7.72. The van der Waals surface area contributed by atoms with E-state index in [1.807, 2.05) is 6.92 Å². The Labute approximate surface area is 91.6 Å². The van der Waals surface area contributed by atoms with Crippen LogP contribution in [-0.4, -0.2) is 30.8 Å². The lowest BCUT2D eigenvalue weighted by Gasteiger charge is -2.01. The molecular formula is C10H10N4O2. The average Bonchev–Trinajstić information content (AvgIpc) is 2.74. The molecule has 82 valence electrons. The minimum atomic E-state index is -1.05. The van der Waals surface area contributed by atoms with Crippen molar-refractivity contribution in [3.8, 4) is 5.95 Å². The van der Waals surface area contributed by atoms with E-state index in [-0.39, 0.29) is 5.69 Å². The van der Waals surface area contributed by atoms with E-state index in [1.165, 1.54) is 10.7 Å². The molecular weight excluding hydrogens is 208 g/mol. The van der Waals surface area contributed by atoms with Crippen molar-refractivity contribution in [3.05, 3.63) is 35.9 Å². The van der Waals surface area contributed by atoms with Crippen molar-refractivity contribution in [2.45, 2.75) is 13.3 Å². The third kappa shape index (κ3) is 1.77. The van der Waals surface area contributed by atoms with Gasteiger partial charge in [-0.3, -0.25) is 0 Å². The number of hydrogen-bond donors (Lipinski definition) is 1. The fourth-order valence-electron chi connectivity index (χ4n) is 1.35. The molecule has 0 fully saturated rings. The Hall–Kier alpha value is -2.24. The van der Waals surface area contributed by atoms with Gasteiger partial charge < -0.3 is 5.11 Å². The second kappa shape index (κ2) is 4.09. The highest BCUT2D eigenvalue weighted by Gasteiger charge is 2.14. The van der Waals surface area contributed by atoms with Gasteiger partial charge in [0.15, 0.2) is 5.69 Å². The topological polar surface area (TPSA) is 80.9 Å². The fraction of sp³-hybridized carbons (Fsp3) is 0.200. The van der Waals surface area contributed by atoms with Crippen LogP contribution >= 0.6 is 0 Å². The molecule has 2 rings (SSSR count). The predicted molar refractivity (Wildman–Crippen MR) is 55.5 cm³/mol. The zero-order valence-corrected chi connectivity index (χ0v) is 8.66. The van der Waals surface area contributed by atoms with Crippen molar-refractivity contribution < 1.29 is 9.90 Å². The molecule has 0 radical (unpaired) electrons. The molecule has 2 heterocycles. The Bertz CT molecular complexity index is 507. The highest BCUT2D eigenvalue weighted by molar-refractivity contribution is 5.85. The van der Waals surface area contributed by atoms with Gasteiger partial charge in [-0.2, -0.15) is 5.10 Å². The van der Waals surface area contributed by atoms with Crippen LogP contribution in [0.3, 0.4) is 0 Å². The molecule has 0 unspecified atom stereocenters. The number of hydrogen-bond acceptors (Lipinski definition) is 4. The number of carbonyl (C=O) groups is 1. The van der Waals surface area contributed by atoms with Crippen LogP contribution in [-0.2, 0) is 6.42 Å². The molecule has 1 N–H and O–H groups in total. The summed E-state index contributed by atoms with van der Waals surface area (Å²) in [6.07, 6.45) is 3.84. The summed E-state index contributed by atoms with van der Waals surface area (Å²) in [6.45, 7) is 1.92. The Balaban J connectivity index is 2.52. The van der Waals surface area contributed by atoms with Gasteiger partial charge in [-0.1, -0.05) is 6.92 Å². The van der Waals surface area contributed by atoms with Crippen LogP contribution in [0.4, 0.5) is 0 Å². The van der Waals surface area contributed by atoms with E-state index >= 15 is 0 Å². The monoisotopic (exact) mass is 218 g/mol. The summed E-state index contributed by atoms with van der Waals surface area (Å²) in [5, 5.41) is 12.8. The number of carboxylic acid groups (broad SMARTS) is 1. The zero-order chi connectivity index (χ0) is 11.5. The minimum absolute atomic E-state index is 0.00398. The summed E-state index contributed by atoms with van der Waals surface area (Å²) in [5.41, 5.74) is 0.771. The van der Waals surface area contributed by atoms with Crippen LogP contribution in [0.1, 0.15) is 23.1 Å².